The number of nitrogens with zero attached hydrogens (tertiary/aromatic N) is 1. The number of carbonyl (C=O) groups excluding carboxylic acids is 1. The van der Waals surface area contributed by atoms with Gasteiger partial charge in [-0.25, -0.2) is 0 Å². The molecule has 3 nitrogen and oxygen atoms in total. The van der Waals surface area contributed by atoms with Crippen molar-refractivity contribution in [3.05, 3.63) is 0 Å². The van der Waals surface area contributed by atoms with Crippen LogP contribution in [0.2, 0.25) is 0 Å². The summed E-state index contributed by atoms with van der Waals surface area (Å²) in [4.78, 5) is 13.7. The van der Waals surface area contributed by atoms with E-state index in [2.05, 4.69) is 44.8 Å². The van der Waals surface area contributed by atoms with E-state index in [4.69, 9.17) is 0 Å². The van der Waals surface area contributed by atoms with E-state index in [1.807, 2.05) is 0 Å². The smallest absolute Gasteiger partial charge is 0.234 e. The molecule has 1 unspecified atom stereocenters. The Bertz CT molecular complexity index is 218. The number of hydrogen-bond donors (Lipinski definition) is 1. The first-order valence-electron chi connectivity index (χ1n) is 5.35. The van der Waals surface area contributed by atoms with Crippen molar-refractivity contribution in [2.24, 2.45) is 5.92 Å². The lowest BCUT2D eigenvalue weighted by molar-refractivity contribution is -0.128. The third-order valence-electron chi connectivity index (χ3n) is 2.85. The zero-order valence-corrected chi connectivity index (χ0v) is 9.92. The molecule has 0 radical (unpaired) electrons. The van der Waals surface area contributed by atoms with Crippen molar-refractivity contribution in [2.75, 3.05) is 13.1 Å². The van der Waals surface area contributed by atoms with E-state index < -0.39 is 0 Å². The Hall–Kier alpha value is -0.570. The maximum Gasteiger partial charge on any atom is 0.234 e. The first kappa shape index (κ1) is 11.5. The lowest BCUT2D eigenvalue weighted by Gasteiger charge is -2.42. The van der Waals surface area contributed by atoms with Crippen molar-refractivity contribution in [3.8, 4) is 0 Å². The Morgan fingerprint density at radius 3 is 2.43 bits per heavy atom. The van der Waals surface area contributed by atoms with Crippen LogP contribution in [0.25, 0.3) is 0 Å². The molecule has 0 saturated carbocycles. The molecule has 1 saturated heterocycles. The molecule has 82 valence electrons. The summed E-state index contributed by atoms with van der Waals surface area (Å²) in [6.45, 7) is 12.3. The van der Waals surface area contributed by atoms with Gasteiger partial charge in [-0.1, -0.05) is 13.8 Å². The van der Waals surface area contributed by atoms with Crippen molar-refractivity contribution >= 4 is 5.91 Å². The second kappa shape index (κ2) is 3.89. The van der Waals surface area contributed by atoms with Gasteiger partial charge in [0.05, 0.1) is 6.54 Å². The van der Waals surface area contributed by atoms with Crippen LogP contribution in [0.1, 0.15) is 34.6 Å². The summed E-state index contributed by atoms with van der Waals surface area (Å²) in [5.74, 6) is 0.661. The van der Waals surface area contributed by atoms with Crippen LogP contribution in [0, 0.1) is 5.92 Å². The lowest BCUT2D eigenvalue weighted by Crippen LogP contribution is -2.60. The number of amides is 1. The Morgan fingerprint density at radius 2 is 2.00 bits per heavy atom. The molecule has 0 spiro atoms. The predicted molar refractivity (Wildman–Crippen MR) is 58.1 cm³/mol. The number of hydrogen-bond acceptors (Lipinski definition) is 2. The minimum Gasteiger partial charge on any atom is -0.351 e. The average molecular weight is 198 g/mol. The SMILES string of the molecule is CC(C)C1CN(C(C)(C)C)CC(=O)N1. The van der Waals surface area contributed by atoms with E-state index in [0.717, 1.165) is 6.54 Å². The molecular formula is C11H22N2O. The molecule has 0 aromatic heterocycles. The molecule has 3 heteroatoms. The van der Waals surface area contributed by atoms with Crippen LogP contribution in [0.5, 0.6) is 0 Å². The van der Waals surface area contributed by atoms with Crippen LogP contribution >= 0.6 is 0 Å². The molecule has 1 atom stereocenters. The number of piperazine rings is 1. The van der Waals surface area contributed by atoms with E-state index in [9.17, 15) is 4.79 Å². The van der Waals surface area contributed by atoms with Gasteiger partial charge in [-0.3, -0.25) is 9.69 Å². The zero-order chi connectivity index (χ0) is 10.9. The highest BCUT2D eigenvalue weighted by molar-refractivity contribution is 5.79. The molecule has 0 aliphatic carbocycles. The van der Waals surface area contributed by atoms with Gasteiger partial charge in [-0.2, -0.15) is 0 Å². The molecular weight excluding hydrogens is 176 g/mol. The molecule has 0 bridgehead atoms. The Balaban J connectivity index is 2.68. The zero-order valence-electron chi connectivity index (χ0n) is 9.92. The van der Waals surface area contributed by atoms with Gasteiger partial charge in [-0.05, 0) is 26.7 Å². The fourth-order valence-corrected chi connectivity index (χ4v) is 1.66. The van der Waals surface area contributed by atoms with Crippen LogP contribution in [0.4, 0.5) is 0 Å². The average Bonchev–Trinajstić information content (AvgIpc) is 2.01. The van der Waals surface area contributed by atoms with Crippen molar-refractivity contribution in [1.29, 1.82) is 0 Å². The third kappa shape index (κ3) is 2.71. The summed E-state index contributed by atoms with van der Waals surface area (Å²) in [6, 6.07) is 0.301. The summed E-state index contributed by atoms with van der Waals surface area (Å²) >= 11 is 0. The normalized spacial score (nSPS) is 25.3. The second-order valence-corrected chi connectivity index (χ2v) is 5.47. The molecule has 1 N–H and O–H groups in total. The Labute approximate surface area is 86.9 Å². The largest absolute Gasteiger partial charge is 0.351 e. The van der Waals surface area contributed by atoms with Crippen molar-refractivity contribution in [3.63, 3.8) is 0 Å². The first-order chi connectivity index (χ1) is 6.30. The first-order valence-corrected chi connectivity index (χ1v) is 5.35. The molecule has 1 heterocycles. The van der Waals surface area contributed by atoms with E-state index in [-0.39, 0.29) is 11.4 Å². The highest BCUT2D eigenvalue weighted by Crippen LogP contribution is 2.18. The van der Waals surface area contributed by atoms with Crippen LogP contribution in [0.15, 0.2) is 0 Å². The molecule has 1 amide bonds. The van der Waals surface area contributed by atoms with Gasteiger partial charge in [0, 0.05) is 18.1 Å². The van der Waals surface area contributed by atoms with Gasteiger partial charge in [0.25, 0.3) is 0 Å². The topological polar surface area (TPSA) is 32.3 Å². The standard InChI is InChI=1S/C11H22N2O/c1-8(2)9-6-13(11(3,4)5)7-10(14)12-9/h8-9H,6-7H2,1-5H3,(H,12,14). The van der Waals surface area contributed by atoms with E-state index in [1.165, 1.54) is 0 Å². The van der Waals surface area contributed by atoms with E-state index >= 15 is 0 Å². The molecule has 1 fully saturated rings. The molecule has 1 aliphatic heterocycles. The quantitative estimate of drug-likeness (QED) is 0.687. The van der Waals surface area contributed by atoms with E-state index in [1.54, 1.807) is 0 Å². The highest BCUT2D eigenvalue weighted by atomic mass is 16.2. The second-order valence-electron chi connectivity index (χ2n) is 5.47. The summed E-state index contributed by atoms with van der Waals surface area (Å²) in [7, 11) is 0. The minimum atomic E-state index is 0.0882. The number of nitrogens with one attached hydrogen (secondary N) is 1. The summed E-state index contributed by atoms with van der Waals surface area (Å²) < 4.78 is 0. The molecule has 14 heavy (non-hydrogen) atoms. The van der Waals surface area contributed by atoms with Crippen molar-refractivity contribution in [2.45, 2.75) is 46.2 Å². The van der Waals surface area contributed by atoms with Gasteiger partial charge >= 0.3 is 0 Å². The summed E-state index contributed by atoms with van der Waals surface area (Å²) in [5, 5.41) is 3.04. The molecule has 1 aliphatic rings. The van der Waals surface area contributed by atoms with Gasteiger partial charge in [-0.15, -0.1) is 0 Å². The van der Waals surface area contributed by atoms with Gasteiger partial charge in [0.1, 0.15) is 0 Å². The van der Waals surface area contributed by atoms with Gasteiger partial charge in [0.15, 0.2) is 0 Å². The van der Waals surface area contributed by atoms with Crippen LogP contribution < -0.4 is 5.32 Å². The predicted octanol–water partition coefficient (Wildman–Crippen LogP) is 1.24. The van der Waals surface area contributed by atoms with Crippen LogP contribution in [-0.4, -0.2) is 35.5 Å². The maximum absolute atomic E-state index is 11.5. The fraction of sp³-hybridized carbons (Fsp3) is 0.909. The Kier molecular flexibility index (Phi) is 3.20. The van der Waals surface area contributed by atoms with Crippen molar-refractivity contribution in [1.82, 2.24) is 10.2 Å². The molecule has 0 aromatic rings. The summed E-state index contributed by atoms with van der Waals surface area (Å²) in [5.41, 5.74) is 0.0882. The van der Waals surface area contributed by atoms with Crippen LogP contribution in [-0.2, 0) is 4.79 Å². The molecule has 0 aromatic carbocycles. The van der Waals surface area contributed by atoms with Crippen molar-refractivity contribution < 1.29 is 4.79 Å². The van der Waals surface area contributed by atoms with E-state index in [0.29, 0.717) is 18.5 Å². The van der Waals surface area contributed by atoms with Gasteiger partial charge < -0.3 is 5.32 Å². The Morgan fingerprint density at radius 1 is 1.43 bits per heavy atom. The fourth-order valence-electron chi connectivity index (χ4n) is 1.66. The van der Waals surface area contributed by atoms with Gasteiger partial charge in [0.2, 0.25) is 5.91 Å². The lowest BCUT2D eigenvalue weighted by atomic mass is 9.97. The highest BCUT2D eigenvalue weighted by Gasteiger charge is 2.32. The third-order valence-corrected chi connectivity index (χ3v) is 2.85. The molecule has 1 rings (SSSR count). The summed E-state index contributed by atoms with van der Waals surface area (Å²) in [6.07, 6.45) is 0. The maximum atomic E-state index is 11.5. The number of rotatable bonds is 1. The monoisotopic (exact) mass is 198 g/mol. The number of carbonyl (C=O) groups is 1. The minimum absolute atomic E-state index is 0.0882. The van der Waals surface area contributed by atoms with Crippen LogP contribution in [0.3, 0.4) is 0 Å².